The first-order chi connectivity index (χ1) is 6.36. The maximum Gasteiger partial charge on any atom is 0.227 e. The van der Waals surface area contributed by atoms with Gasteiger partial charge in [-0.05, 0) is 18.8 Å². The van der Waals surface area contributed by atoms with Crippen molar-refractivity contribution in [3.8, 4) is 0 Å². The molecule has 1 saturated heterocycles. The molecule has 0 atom stereocenters. The van der Waals surface area contributed by atoms with Gasteiger partial charge >= 0.3 is 0 Å². The summed E-state index contributed by atoms with van der Waals surface area (Å²) >= 11 is 0. The van der Waals surface area contributed by atoms with E-state index in [1.54, 1.807) is 0 Å². The van der Waals surface area contributed by atoms with Crippen molar-refractivity contribution in [2.24, 2.45) is 11.8 Å². The van der Waals surface area contributed by atoms with E-state index in [4.69, 9.17) is 4.74 Å². The van der Waals surface area contributed by atoms with Gasteiger partial charge in [-0.25, -0.2) is 0 Å². The molecule has 2 aliphatic rings. The molecule has 1 aliphatic carbocycles. The Hall–Kier alpha value is -0.570. The van der Waals surface area contributed by atoms with Gasteiger partial charge in [0.1, 0.15) is 0 Å². The molecular weight excluding hydrogens is 166 g/mol. The van der Waals surface area contributed by atoms with Gasteiger partial charge in [-0.1, -0.05) is 12.8 Å². The van der Waals surface area contributed by atoms with Crippen LogP contribution in [0.4, 0.5) is 0 Å². The summed E-state index contributed by atoms with van der Waals surface area (Å²) in [6, 6.07) is 0. The van der Waals surface area contributed by atoms with Crippen LogP contribution in [0.1, 0.15) is 25.7 Å². The Balaban J connectivity index is 1.63. The Morgan fingerprint density at radius 1 is 1.31 bits per heavy atom. The molecular formula is C10H17NO2. The lowest BCUT2D eigenvalue weighted by molar-refractivity contribution is -0.139. The maximum atomic E-state index is 11.4. The minimum atomic E-state index is 0.140. The van der Waals surface area contributed by atoms with Gasteiger partial charge < -0.3 is 10.1 Å². The van der Waals surface area contributed by atoms with Crippen LogP contribution in [-0.2, 0) is 9.53 Å². The summed E-state index contributed by atoms with van der Waals surface area (Å²) in [6.45, 7) is 2.13. The topological polar surface area (TPSA) is 38.3 Å². The van der Waals surface area contributed by atoms with E-state index in [0.717, 1.165) is 12.5 Å². The predicted octanol–water partition coefficient (Wildman–Crippen LogP) is 0.939. The summed E-state index contributed by atoms with van der Waals surface area (Å²) in [5, 5.41) is 3.01. The quantitative estimate of drug-likeness (QED) is 0.707. The fourth-order valence-corrected chi connectivity index (χ4v) is 1.99. The summed E-state index contributed by atoms with van der Waals surface area (Å²) in [5.74, 6) is 1.07. The molecule has 0 aromatic rings. The average molecular weight is 183 g/mol. The van der Waals surface area contributed by atoms with E-state index >= 15 is 0 Å². The van der Waals surface area contributed by atoms with Gasteiger partial charge in [0.15, 0.2) is 0 Å². The molecule has 1 N–H and O–H groups in total. The second kappa shape index (κ2) is 4.09. The highest BCUT2D eigenvalue weighted by Gasteiger charge is 2.26. The molecule has 74 valence electrons. The molecule has 0 radical (unpaired) electrons. The van der Waals surface area contributed by atoms with Crippen molar-refractivity contribution in [2.75, 3.05) is 19.8 Å². The molecule has 0 bridgehead atoms. The second-order valence-electron chi connectivity index (χ2n) is 4.13. The van der Waals surface area contributed by atoms with Crippen molar-refractivity contribution < 1.29 is 9.53 Å². The van der Waals surface area contributed by atoms with Crippen molar-refractivity contribution in [2.45, 2.75) is 25.7 Å². The van der Waals surface area contributed by atoms with Crippen LogP contribution in [-0.4, -0.2) is 25.7 Å². The molecule has 3 nitrogen and oxygen atoms in total. The van der Waals surface area contributed by atoms with E-state index in [9.17, 15) is 4.79 Å². The number of rotatable bonds is 3. The highest BCUT2D eigenvalue weighted by Crippen LogP contribution is 2.23. The van der Waals surface area contributed by atoms with Crippen molar-refractivity contribution in [1.82, 2.24) is 5.32 Å². The Labute approximate surface area is 78.8 Å². The maximum absolute atomic E-state index is 11.4. The Bertz CT molecular complexity index is 183. The molecule has 1 heterocycles. The number of nitrogens with one attached hydrogen (secondary N) is 1. The fourth-order valence-electron chi connectivity index (χ4n) is 1.99. The number of carbonyl (C=O) groups is 1. The van der Waals surface area contributed by atoms with Crippen LogP contribution in [0.25, 0.3) is 0 Å². The van der Waals surface area contributed by atoms with E-state index in [-0.39, 0.29) is 11.8 Å². The first kappa shape index (κ1) is 9.00. The zero-order valence-electron chi connectivity index (χ0n) is 7.92. The summed E-state index contributed by atoms with van der Waals surface area (Å²) < 4.78 is 4.97. The largest absolute Gasteiger partial charge is 0.380 e. The Morgan fingerprint density at radius 2 is 2.00 bits per heavy atom. The van der Waals surface area contributed by atoms with Gasteiger partial charge in [0.2, 0.25) is 5.91 Å². The van der Waals surface area contributed by atoms with Gasteiger partial charge in [-0.15, -0.1) is 0 Å². The molecule has 1 aliphatic heterocycles. The number of hydrogen-bond acceptors (Lipinski definition) is 2. The van der Waals surface area contributed by atoms with E-state index in [2.05, 4.69) is 5.32 Å². The van der Waals surface area contributed by atoms with Crippen molar-refractivity contribution in [3.05, 3.63) is 0 Å². The van der Waals surface area contributed by atoms with E-state index < -0.39 is 0 Å². The third kappa shape index (κ3) is 2.21. The Morgan fingerprint density at radius 3 is 2.54 bits per heavy atom. The smallest absolute Gasteiger partial charge is 0.227 e. The molecule has 2 rings (SSSR count). The molecule has 0 unspecified atom stereocenters. The predicted molar refractivity (Wildman–Crippen MR) is 49.3 cm³/mol. The highest BCUT2D eigenvalue weighted by molar-refractivity contribution is 5.79. The van der Waals surface area contributed by atoms with Crippen LogP contribution in [0.15, 0.2) is 0 Å². The van der Waals surface area contributed by atoms with E-state index in [0.29, 0.717) is 13.2 Å². The molecule has 0 aromatic carbocycles. The number of hydrogen-bond donors (Lipinski definition) is 1. The third-order valence-electron chi connectivity index (χ3n) is 3.05. The lowest BCUT2D eigenvalue weighted by Gasteiger charge is -2.25. The zero-order chi connectivity index (χ0) is 9.10. The Kier molecular flexibility index (Phi) is 2.83. The van der Waals surface area contributed by atoms with Crippen LogP contribution >= 0.6 is 0 Å². The van der Waals surface area contributed by atoms with Crippen molar-refractivity contribution in [1.29, 1.82) is 0 Å². The minimum absolute atomic E-state index is 0.140. The third-order valence-corrected chi connectivity index (χ3v) is 3.05. The number of ether oxygens (including phenoxy) is 1. The van der Waals surface area contributed by atoms with Crippen LogP contribution < -0.4 is 5.32 Å². The second-order valence-corrected chi connectivity index (χ2v) is 4.13. The van der Waals surface area contributed by atoms with E-state index in [1.807, 2.05) is 0 Å². The van der Waals surface area contributed by atoms with Crippen LogP contribution in [0, 0.1) is 11.8 Å². The minimum Gasteiger partial charge on any atom is -0.380 e. The van der Waals surface area contributed by atoms with Crippen LogP contribution in [0.5, 0.6) is 0 Å². The summed E-state index contributed by atoms with van der Waals surface area (Å²) in [7, 11) is 0. The number of amides is 1. The van der Waals surface area contributed by atoms with Gasteiger partial charge in [0.25, 0.3) is 0 Å². The monoisotopic (exact) mass is 183 g/mol. The molecule has 2 fully saturated rings. The average Bonchev–Trinajstić information content (AvgIpc) is 2.49. The lowest BCUT2D eigenvalue weighted by atomic mass is 10.1. The normalized spacial score (nSPS) is 24.3. The summed E-state index contributed by atoms with van der Waals surface area (Å²) in [5.41, 5.74) is 0. The lowest BCUT2D eigenvalue weighted by Crippen LogP contribution is -2.43. The van der Waals surface area contributed by atoms with Crippen molar-refractivity contribution >= 4 is 5.91 Å². The zero-order valence-corrected chi connectivity index (χ0v) is 7.92. The first-order valence-corrected chi connectivity index (χ1v) is 5.21. The fraction of sp³-hybridized carbons (Fsp3) is 0.900. The van der Waals surface area contributed by atoms with Gasteiger partial charge in [-0.3, -0.25) is 4.79 Å². The van der Waals surface area contributed by atoms with Gasteiger partial charge in [-0.2, -0.15) is 0 Å². The summed E-state index contributed by atoms with van der Waals surface area (Å²) in [6.07, 6.45) is 5.27. The van der Waals surface area contributed by atoms with Gasteiger partial charge in [0.05, 0.1) is 19.1 Å². The van der Waals surface area contributed by atoms with Crippen molar-refractivity contribution in [3.63, 3.8) is 0 Å². The standard InChI is InChI=1S/C10H17NO2/c12-10(9-6-13-7-9)11-5-8-3-1-2-4-8/h8-9H,1-7H2,(H,11,12). The van der Waals surface area contributed by atoms with Gasteiger partial charge in [0, 0.05) is 6.54 Å². The van der Waals surface area contributed by atoms with Crippen LogP contribution in [0.2, 0.25) is 0 Å². The first-order valence-electron chi connectivity index (χ1n) is 5.21. The molecule has 1 saturated carbocycles. The molecule has 0 spiro atoms. The molecule has 0 aromatic heterocycles. The van der Waals surface area contributed by atoms with Crippen LogP contribution in [0.3, 0.4) is 0 Å². The summed E-state index contributed by atoms with van der Waals surface area (Å²) in [4.78, 5) is 11.4. The van der Waals surface area contributed by atoms with E-state index in [1.165, 1.54) is 25.7 Å². The molecule has 13 heavy (non-hydrogen) atoms. The SMILES string of the molecule is O=C(NCC1CCCC1)C1COC1. The molecule has 1 amide bonds. The number of carbonyl (C=O) groups excluding carboxylic acids is 1. The highest BCUT2D eigenvalue weighted by atomic mass is 16.5. The molecule has 3 heteroatoms.